The van der Waals surface area contributed by atoms with Crippen molar-refractivity contribution in [2.75, 3.05) is 0 Å². The molecule has 0 bridgehead atoms. The van der Waals surface area contributed by atoms with E-state index in [4.69, 9.17) is 0 Å². The molecule has 0 atom stereocenters. The molecule has 0 fully saturated rings. The molecule has 1 aromatic heterocycles. The molecule has 2 aromatic rings. The van der Waals surface area contributed by atoms with Crippen LogP contribution in [0.5, 0.6) is 0 Å². The van der Waals surface area contributed by atoms with Gasteiger partial charge < -0.3 is 0 Å². The van der Waals surface area contributed by atoms with Gasteiger partial charge >= 0.3 is 0 Å². The average molecular weight is 282 g/mol. The molecule has 0 aliphatic heterocycles. The number of hydrogen-bond donors (Lipinski definition) is 1. The number of hydrogen-bond acceptors (Lipinski definition) is 2. The summed E-state index contributed by atoms with van der Waals surface area (Å²) in [5.74, 6) is 0.288. The van der Waals surface area contributed by atoms with E-state index in [-0.39, 0.29) is 5.91 Å². The fraction of sp³-hybridized carbons (Fsp3) is 0.235. The maximum absolute atomic E-state index is 11.9. The van der Waals surface area contributed by atoms with Gasteiger partial charge in [0.15, 0.2) is 12.4 Å². The average Bonchev–Trinajstić information content (AvgIpc) is 2.47. The molecule has 1 N–H and O–H groups in total. The van der Waals surface area contributed by atoms with Crippen molar-refractivity contribution < 1.29 is 9.36 Å². The minimum absolute atomic E-state index is 0.221. The van der Waals surface area contributed by atoms with Crippen LogP contribution in [0.1, 0.15) is 41.3 Å². The number of rotatable bonds is 4. The monoisotopic (exact) mass is 282 g/mol. The summed E-state index contributed by atoms with van der Waals surface area (Å²) >= 11 is 0. The number of aryl methyl sites for hydroxylation is 1. The van der Waals surface area contributed by atoms with Crippen molar-refractivity contribution in [2.24, 2.45) is 12.1 Å². The molecule has 0 radical (unpaired) electrons. The number of benzene rings is 1. The Balaban J connectivity index is 1.97. The van der Waals surface area contributed by atoms with Crippen LogP contribution in [0.15, 0.2) is 53.9 Å². The summed E-state index contributed by atoms with van der Waals surface area (Å²) in [6.07, 6.45) is 5.27. The molecule has 1 amide bonds. The molecular weight excluding hydrogens is 262 g/mol. The van der Waals surface area contributed by atoms with E-state index in [0.29, 0.717) is 11.5 Å². The Morgan fingerprint density at radius 3 is 2.57 bits per heavy atom. The molecule has 0 saturated heterocycles. The van der Waals surface area contributed by atoms with E-state index in [0.717, 1.165) is 5.56 Å². The van der Waals surface area contributed by atoms with Crippen LogP contribution in [0, 0.1) is 0 Å². The molecule has 0 spiro atoms. The highest BCUT2D eigenvalue weighted by Gasteiger charge is 2.07. The molecule has 4 nitrogen and oxygen atoms in total. The number of hydrazone groups is 1. The van der Waals surface area contributed by atoms with Gasteiger partial charge in [-0.1, -0.05) is 38.1 Å². The Bertz CT molecular complexity index is 645. The number of nitrogens with one attached hydrogen (secondary N) is 1. The van der Waals surface area contributed by atoms with Crippen molar-refractivity contribution in [2.45, 2.75) is 19.8 Å². The van der Waals surface area contributed by atoms with Gasteiger partial charge in [0, 0.05) is 6.07 Å². The molecule has 108 valence electrons. The van der Waals surface area contributed by atoms with Crippen molar-refractivity contribution in [3.63, 3.8) is 0 Å². The lowest BCUT2D eigenvalue weighted by Crippen LogP contribution is -2.29. The smallest absolute Gasteiger partial charge is 0.267 e. The fourth-order valence-electron chi connectivity index (χ4n) is 1.92. The first-order valence-electron chi connectivity index (χ1n) is 6.95. The Hall–Kier alpha value is -2.49. The summed E-state index contributed by atoms with van der Waals surface area (Å²) < 4.78 is 1.82. The van der Waals surface area contributed by atoms with Crippen LogP contribution in [0.2, 0.25) is 0 Å². The van der Waals surface area contributed by atoms with Crippen molar-refractivity contribution >= 4 is 12.1 Å². The minimum atomic E-state index is -0.221. The molecule has 0 saturated carbocycles. The third kappa shape index (κ3) is 4.24. The number of carbonyl (C=O) groups excluding carboxylic acids is 1. The summed E-state index contributed by atoms with van der Waals surface area (Å²) in [7, 11) is 1.87. The molecule has 1 heterocycles. The standard InChI is InChI=1S/C17H19N3O/c1-13(2)15-8-6-14(7-9-15)11-18-19-17(21)16-5-4-10-20(3)12-16/h4-13H,1-3H3/p+1/b18-11+. The third-order valence-electron chi connectivity index (χ3n) is 3.18. The van der Waals surface area contributed by atoms with E-state index in [2.05, 4.69) is 36.5 Å². The lowest BCUT2D eigenvalue weighted by molar-refractivity contribution is -0.671. The van der Waals surface area contributed by atoms with Gasteiger partial charge in [-0.25, -0.2) is 9.99 Å². The Kier molecular flexibility index (Phi) is 4.82. The van der Waals surface area contributed by atoms with Crippen LogP contribution in [0.4, 0.5) is 0 Å². The summed E-state index contributed by atoms with van der Waals surface area (Å²) in [5.41, 5.74) is 5.35. The van der Waals surface area contributed by atoms with Gasteiger partial charge in [0.2, 0.25) is 0 Å². The largest absolute Gasteiger partial charge is 0.277 e. The summed E-state index contributed by atoms with van der Waals surface area (Å²) in [6.45, 7) is 4.31. The van der Waals surface area contributed by atoms with Gasteiger partial charge in [0.05, 0.1) is 6.21 Å². The summed E-state index contributed by atoms with van der Waals surface area (Å²) in [6, 6.07) is 11.7. The number of nitrogens with zero attached hydrogens (tertiary/aromatic N) is 2. The Morgan fingerprint density at radius 1 is 1.24 bits per heavy atom. The molecule has 21 heavy (non-hydrogen) atoms. The van der Waals surface area contributed by atoms with Crippen molar-refractivity contribution in [3.05, 3.63) is 65.5 Å². The topological polar surface area (TPSA) is 45.3 Å². The third-order valence-corrected chi connectivity index (χ3v) is 3.18. The molecule has 2 rings (SSSR count). The normalized spacial score (nSPS) is 11.0. The fourth-order valence-corrected chi connectivity index (χ4v) is 1.92. The van der Waals surface area contributed by atoms with Crippen LogP contribution in [-0.2, 0) is 7.05 Å². The van der Waals surface area contributed by atoms with Crippen LogP contribution in [0.25, 0.3) is 0 Å². The quantitative estimate of drug-likeness (QED) is 0.522. The molecule has 4 heteroatoms. The second kappa shape index (κ2) is 6.79. The van der Waals surface area contributed by atoms with Gasteiger partial charge in [-0.2, -0.15) is 5.10 Å². The highest BCUT2D eigenvalue weighted by Crippen LogP contribution is 2.13. The lowest BCUT2D eigenvalue weighted by Gasteiger charge is -2.04. The van der Waals surface area contributed by atoms with Crippen molar-refractivity contribution in [1.82, 2.24) is 5.43 Å². The van der Waals surface area contributed by atoms with E-state index in [1.54, 1.807) is 18.5 Å². The van der Waals surface area contributed by atoms with E-state index in [1.165, 1.54) is 5.56 Å². The maximum Gasteiger partial charge on any atom is 0.277 e. The summed E-state index contributed by atoms with van der Waals surface area (Å²) in [5, 5.41) is 3.99. The number of aromatic nitrogens is 1. The first kappa shape index (κ1) is 14.9. The van der Waals surface area contributed by atoms with Gasteiger partial charge in [0.25, 0.3) is 5.91 Å². The van der Waals surface area contributed by atoms with Gasteiger partial charge in [-0.15, -0.1) is 0 Å². The van der Waals surface area contributed by atoms with Crippen LogP contribution < -0.4 is 9.99 Å². The highest BCUT2D eigenvalue weighted by molar-refractivity contribution is 5.94. The van der Waals surface area contributed by atoms with E-state index in [9.17, 15) is 4.79 Å². The first-order chi connectivity index (χ1) is 10.1. The predicted octanol–water partition coefficient (Wildman–Crippen LogP) is 2.40. The number of pyridine rings is 1. The van der Waals surface area contributed by atoms with E-state index < -0.39 is 0 Å². The van der Waals surface area contributed by atoms with Crippen LogP contribution >= 0.6 is 0 Å². The van der Waals surface area contributed by atoms with Gasteiger partial charge in [-0.05, 0) is 23.1 Å². The van der Waals surface area contributed by atoms with Crippen molar-refractivity contribution in [3.8, 4) is 0 Å². The van der Waals surface area contributed by atoms with Gasteiger partial charge in [-0.3, -0.25) is 4.79 Å². The Labute approximate surface area is 125 Å². The first-order valence-corrected chi connectivity index (χ1v) is 6.95. The molecular formula is C17H20N3O+. The zero-order valence-corrected chi connectivity index (χ0v) is 12.6. The molecule has 0 aliphatic rings. The maximum atomic E-state index is 11.9. The van der Waals surface area contributed by atoms with Gasteiger partial charge in [0.1, 0.15) is 12.6 Å². The minimum Gasteiger partial charge on any atom is -0.267 e. The predicted molar refractivity (Wildman–Crippen MR) is 83.2 cm³/mol. The highest BCUT2D eigenvalue weighted by atomic mass is 16.2. The SMILES string of the molecule is CC(C)c1ccc(/C=N/NC(=O)c2ccc[n+](C)c2)cc1. The van der Waals surface area contributed by atoms with E-state index in [1.807, 2.05) is 36.0 Å². The Morgan fingerprint density at radius 2 is 1.95 bits per heavy atom. The zero-order valence-electron chi connectivity index (χ0n) is 12.6. The zero-order chi connectivity index (χ0) is 15.2. The summed E-state index contributed by atoms with van der Waals surface area (Å²) in [4.78, 5) is 11.9. The lowest BCUT2D eigenvalue weighted by atomic mass is 10.0. The number of carbonyl (C=O) groups is 1. The molecule has 0 unspecified atom stereocenters. The second-order valence-corrected chi connectivity index (χ2v) is 5.28. The molecule has 0 aliphatic carbocycles. The molecule has 1 aromatic carbocycles. The van der Waals surface area contributed by atoms with Crippen molar-refractivity contribution in [1.29, 1.82) is 0 Å². The number of amides is 1. The van der Waals surface area contributed by atoms with Crippen LogP contribution in [-0.4, -0.2) is 12.1 Å². The van der Waals surface area contributed by atoms with Crippen LogP contribution in [0.3, 0.4) is 0 Å². The second-order valence-electron chi connectivity index (χ2n) is 5.28. The van der Waals surface area contributed by atoms with E-state index >= 15 is 0 Å².